The smallest absolute Gasteiger partial charge is 0.344 e. The number of likely N-dealkylation sites (tertiary alicyclic amines) is 2. The third-order valence-electron chi connectivity index (χ3n) is 3.77. The number of nitrogens with one attached hydrogen (secondary N) is 1. The van der Waals surface area contributed by atoms with E-state index < -0.39 is 12.7 Å². The minimum absolute atomic E-state index is 0.106. The first-order chi connectivity index (χ1) is 8.83. The van der Waals surface area contributed by atoms with Crippen LogP contribution in [-0.2, 0) is 4.79 Å². The highest BCUT2D eigenvalue weighted by molar-refractivity contribution is 5.76. The largest absolute Gasteiger partial charge is 0.401 e. The quantitative estimate of drug-likeness (QED) is 0.831. The van der Waals surface area contributed by atoms with Gasteiger partial charge in [-0.2, -0.15) is 13.2 Å². The normalized spacial score (nSPS) is 30.1. The number of amides is 1. The summed E-state index contributed by atoms with van der Waals surface area (Å²) in [5, 5.41) is 3.38. The summed E-state index contributed by atoms with van der Waals surface area (Å²) in [6.45, 7) is 0.745. The number of carbonyl (C=O) groups excluding carboxylic acids is 1. The zero-order valence-corrected chi connectivity index (χ0v) is 11.0. The highest BCUT2D eigenvalue weighted by Crippen LogP contribution is 2.20. The molecule has 0 aromatic heterocycles. The first-order valence-electron chi connectivity index (χ1n) is 6.62. The van der Waals surface area contributed by atoms with Crippen LogP contribution in [0.1, 0.15) is 19.3 Å². The predicted molar refractivity (Wildman–Crippen MR) is 64.7 cm³/mol. The van der Waals surface area contributed by atoms with Gasteiger partial charge < -0.3 is 10.2 Å². The number of hydrogen-bond donors (Lipinski definition) is 1. The van der Waals surface area contributed by atoms with Crippen molar-refractivity contribution in [2.24, 2.45) is 0 Å². The lowest BCUT2D eigenvalue weighted by atomic mass is 10.0. The molecular formula is C12H20F3N3O. The summed E-state index contributed by atoms with van der Waals surface area (Å²) in [6.07, 6.45) is -2.08. The van der Waals surface area contributed by atoms with E-state index in [4.69, 9.17) is 0 Å². The van der Waals surface area contributed by atoms with E-state index in [0.29, 0.717) is 26.1 Å². The Hall–Kier alpha value is -0.820. The van der Waals surface area contributed by atoms with Crippen molar-refractivity contribution in [1.82, 2.24) is 15.1 Å². The molecule has 1 amide bonds. The summed E-state index contributed by atoms with van der Waals surface area (Å²) >= 11 is 0. The minimum Gasteiger partial charge on any atom is -0.344 e. The number of rotatable bonds is 3. The summed E-state index contributed by atoms with van der Waals surface area (Å²) in [5.41, 5.74) is 0. The molecule has 7 heteroatoms. The molecule has 0 aromatic rings. The summed E-state index contributed by atoms with van der Waals surface area (Å²) < 4.78 is 36.8. The molecule has 2 aliphatic heterocycles. The topological polar surface area (TPSA) is 35.6 Å². The summed E-state index contributed by atoms with van der Waals surface area (Å²) in [4.78, 5) is 14.5. The highest BCUT2D eigenvalue weighted by atomic mass is 19.4. The van der Waals surface area contributed by atoms with E-state index >= 15 is 0 Å². The van der Waals surface area contributed by atoms with Crippen molar-refractivity contribution < 1.29 is 18.0 Å². The molecule has 1 N–H and O–H groups in total. The molecule has 19 heavy (non-hydrogen) atoms. The van der Waals surface area contributed by atoms with Crippen LogP contribution >= 0.6 is 0 Å². The van der Waals surface area contributed by atoms with Crippen LogP contribution in [0, 0.1) is 0 Å². The zero-order chi connectivity index (χ0) is 14.0. The second kappa shape index (κ2) is 5.66. The van der Waals surface area contributed by atoms with Gasteiger partial charge in [-0.1, -0.05) is 0 Å². The molecule has 0 unspecified atom stereocenters. The second-order valence-electron chi connectivity index (χ2n) is 5.51. The lowest BCUT2D eigenvalue weighted by molar-refractivity contribution is -0.143. The molecule has 2 atom stereocenters. The van der Waals surface area contributed by atoms with Gasteiger partial charge in [-0.05, 0) is 12.8 Å². The summed E-state index contributed by atoms with van der Waals surface area (Å²) in [5.74, 6) is 0.142. The Morgan fingerprint density at radius 2 is 1.95 bits per heavy atom. The van der Waals surface area contributed by atoms with Crippen molar-refractivity contribution in [2.75, 3.05) is 33.2 Å². The van der Waals surface area contributed by atoms with Gasteiger partial charge in [-0.25, -0.2) is 0 Å². The van der Waals surface area contributed by atoms with Crippen LogP contribution in [-0.4, -0.2) is 67.2 Å². The fourth-order valence-electron chi connectivity index (χ4n) is 2.85. The maximum absolute atomic E-state index is 12.3. The molecule has 0 saturated carbocycles. The van der Waals surface area contributed by atoms with E-state index in [0.717, 1.165) is 12.8 Å². The Labute approximate surface area is 110 Å². The fraction of sp³-hybridized carbons (Fsp3) is 0.917. The van der Waals surface area contributed by atoms with Gasteiger partial charge >= 0.3 is 6.18 Å². The van der Waals surface area contributed by atoms with Crippen LogP contribution in [0.2, 0.25) is 0 Å². The third-order valence-corrected chi connectivity index (χ3v) is 3.77. The third kappa shape index (κ3) is 4.35. The number of carbonyl (C=O) groups is 1. The predicted octanol–water partition coefficient (Wildman–Crippen LogP) is 0.833. The minimum atomic E-state index is -4.12. The maximum atomic E-state index is 12.3. The van der Waals surface area contributed by atoms with Crippen molar-refractivity contribution in [2.45, 2.75) is 37.5 Å². The molecule has 4 nitrogen and oxygen atoms in total. The molecule has 0 aliphatic carbocycles. The summed E-state index contributed by atoms with van der Waals surface area (Å²) in [6, 6.07) is 0.312. The van der Waals surface area contributed by atoms with Crippen molar-refractivity contribution in [3.63, 3.8) is 0 Å². The van der Waals surface area contributed by atoms with E-state index in [1.165, 1.54) is 4.90 Å². The van der Waals surface area contributed by atoms with Crippen molar-refractivity contribution >= 4 is 5.91 Å². The van der Waals surface area contributed by atoms with Crippen molar-refractivity contribution in [1.29, 1.82) is 0 Å². The van der Waals surface area contributed by atoms with Gasteiger partial charge in [0.2, 0.25) is 5.91 Å². The van der Waals surface area contributed by atoms with Gasteiger partial charge in [0.15, 0.2) is 0 Å². The SMILES string of the molecule is CN1C[C@H](N[C@H]2CCN(CC(F)(F)F)C2)CCC1=O. The average molecular weight is 279 g/mol. The van der Waals surface area contributed by atoms with E-state index in [9.17, 15) is 18.0 Å². The molecule has 110 valence electrons. The van der Waals surface area contributed by atoms with Crippen LogP contribution in [0.15, 0.2) is 0 Å². The molecule has 2 heterocycles. The first kappa shape index (κ1) is 14.6. The van der Waals surface area contributed by atoms with E-state index in [1.807, 2.05) is 0 Å². The van der Waals surface area contributed by atoms with E-state index in [2.05, 4.69) is 5.32 Å². The lowest BCUT2D eigenvalue weighted by Gasteiger charge is -2.32. The first-order valence-corrected chi connectivity index (χ1v) is 6.62. The van der Waals surface area contributed by atoms with Gasteiger partial charge in [0.05, 0.1) is 6.54 Å². The van der Waals surface area contributed by atoms with E-state index in [1.54, 1.807) is 11.9 Å². The number of likely N-dealkylation sites (N-methyl/N-ethyl adjacent to an activating group) is 1. The van der Waals surface area contributed by atoms with Crippen LogP contribution in [0.5, 0.6) is 0 Å². The Morgan fingerprint density at radius 1 is 1.26 bits per heavy atom. The molecule has 2 rings (SSSR count). The van der Waals surface area contributed by atoms with E-state index in [-0.39, 0.29) is 18.0 Å². The maximum Gasteiger partial charge on any atom is 0.401 e. The molecule has 0 radical (unpaired) electrons. The molecule has 2 aliphatic rings. The molecule has 2 fully saturated rings. The Balaban J connectivity index is 1.75. The van der Waals surface area contributed by atoms with Crippen LogP contribution < -0.4 is 5.32 Å². The van der Waals surface area contributed by atoms with Gasteiger partial charge in [-0.3, -0.25) is 9.69 Å². The van der Waals surface area contributed by atoms with Crippen LogP contribution in [0.3, 0.4) is 0 Å². The standard InChI is InChI=1S/C12H20F3N3O/c1-17-6-9(2-3-11(17)19)16-10-4-5-18(7-10)8-12(13,14)15/h9-10,16H,2-8H2,1H3/t9-,10+/m1/s1. The fourth-order valence-corrected chi connectivity index (χ4v) is 2.85. The van der Waals surface area contributed by atoms with Crippen LogP contribution in [0.25, 0.3) is 0 Å². The van der Waals surface area contributed by atoms with Gasteiger partial charge in [0, 0.05) is 45.2 Å². The van der Waals surface area contributed by atoms with Gasteiger partial charge in [-0.15, -0.1) is 0 Å². The van der Waals surface area contributed by atoms with Crippen molar-refractivity contribution in [3.8, 4) is 0 Å². The van der Waals surface area contributed by atoms with Crippen molar-refractivity contribution in [3.05, 3.63) is 0 Å². The Kier molecular flexibility index (Phi) is 4.35. The van der Waals surface area contributed by atoms with Gasteiger partial charge in [0.25, 0.3) is 0 Å². The Bertz CT molecular complexity index is 335. The average Bonchev–Trinajstić information content (AvgIpc) is 2.68. The molecule has 2 saturated heterocycles. The number of hydrogen-bond acceptors (Lipinski definition) is 3. The number of piperidine rings is 1. The summed E-state index contributed by atoms with van der Waals surface area (Å²) in [7, 11) is 1.76. The van der Waals surface area contributed by atoms with Gasteiger partial charge in [0.1, 0.15) is 0 Å². The zero-order valence-electron chi connectivity index (χ0n) is 11.0. The Morgan fingerprint density at radius 3 is 2.58 bits per heavy atom. The lowest BCUT2D eigenvalue weighted by Crippen LogP contribution is -2.50. The second-order valence-corrected chi connectivity index (χ2v) is 5.51. The number of alkyl halides is 3. The molecular weight excluding hydrogens is 259 g/mol. The van der Waals surface area contributed by atoms with Crippen LogP contribution in [0.4, 0.5) is 13.2 Å². The molecule has 0 aromatic carbocycles. The number of halogens is 3. The highest BCUT2D eigenvalue weighted by Gasteiger charge is 2.35. The monoisotopic (exact) mass is 279 g/mol. The molecule has 0 spiro atoms. The molecule has 0 bridgehead atoms. The number of nitrogens with zero attached hydrogens (tertiary/aromatic N) is 2.